The summed E-state index contributed by atoms with van der Waals surface area (Å²) in [6, 6.07) is 8.30. The predicted molar refractivity (Wildman–Crippen MR) is 112 cm³/mol. The highest BCUT2D eigenvalue weighted by Gasteiger charge is 2.21. The summed E-state index contributed by atoms with van der Waals surface area (Å²) in [5.74, 6) is -0.347. The monoisotopic (exact) mass is 487 g/mol. The maximum Gasteiger partial charge on any atom is 0.260 e. The molecule has 0 radical (unpaired) electrons. The average molecular weight is 488 g/mol. The van der Waals surface area contributed by atoms with E-state index in [1.54, 1.807) is 12.1 Å². The van der Waals surface area contributed by atoms with Gasteiger partial charge >= 0.3 is 0 Å². The Hall–Kier alpha value is -2.66. The van der Waals surface area contributed by atoms with Crippen LogP contribution in [0.25, 0.3) is 0 Å². The van der Waals surface area contributed by atoms with E-state index in [0.717, 1.165) is 16.6 Å². The Labute approximate surface area is 176 Å². The van der Waals surface area contributed by atoms with Crippen molar-refractivity contribution in [3.05, 3.63) is 52.3 Å². The van der Waals surface area contributed by atoms with Crippen molar-refractivity contribution in [3.63, 3.8) is 0 Å². The minimum absolute atomic E-state index is 0.0375. The fourth-order valence-electron chi connectivity index (χ4n) is 2.39. The van der Waals surface area contributed by atoms with Gasteiger partial charge in [0.05, 0.1) is 36.9 Å². The largest absolute Gasteiger partial charge is 0.493 e. The Balaban J connectivity index is 2.12. The molecule has 0 spiro atoms. The molecule has 1 N–H and O–H groups in total. The van der Waals surface area contributed by atoms with Gasteiger partial charge in [-0.15, -0.1) is 0 Å². The van der Waals surface area contributed by atoms with E-state index in [1.807, 2.05) is 0 Å². The molecule has 0 heterocycles. The Kier molecular flexibility index (Phi) is 7.57. The molecule has 2 aromatic rings. The van der Waals surface area contributed by atoms with Gasteiger partial charge in [0.2, 0.25) is 10.0 Å². The Morgan fingerprint density at radius 2 is 2.00 bits per heavy atom. The second-order valence-electron chi connectivity index (χ2n) is 5.78. The summed E-state index contributed by atoms with van der Waals surface area (Å²) >= 11 is 3.35. The summed E-state index contributed by atoms with van der Waals surface area (Å²) in [6.07, 6.45) is 2.28. The molecule has 0 unspecified atom stereocenters. The lowest BCUT2D eigenvalue weighted by Gasteiger charge is -2.21. The summed E-state index contributed by atoms with van der Waals surface area (Å²) in [4.78, 5) is 12.2. The fourth-order valence-corrected chi connectivity index (χ4v) is 3.86. The zero-order chi connectivity index (χ0) is 21.6. The van der Waals surface area contributed by atoms with Crippen molar-refractivity contribution >= 4 is 43.8 Å². The molecule has 0 aliphatic carbocycles. The van der Waals surface area contributed by atoms with E-state index < -0.39 is 28.3 Å². The zero-order valence-corrected chi connectivity index (χ0v) is 18.3. The molecule has 2 aromatic carbocycles. The molecule has 0 fully saturated rings. The maximum absolute atomic E-state index is 13.4. The molecule has 8 nitrogen and oxygen atoms in total. The molecule has 156 valence electrons. The van der Waals surface area contributed by atoms with Gasteiger partial charge in [0.1, 0.15) is 12.4 Å². The van der Waals surface area contributed by atoms with Gasteiger partial charge in [0, 0.05) is 0 Å². The molecule has 0 aromatic heterocycles. The highest BCUT2D eigenvalue weighted by molar-refractivity contribution is 9.10. The van der Waals surface area contributed by atoms with Crippen molar-refractivity contribution in [2.75, 3.05) is 31.3 Å². The number of nitrogens with zero attached hydrogens (tertiary/aromatic N) is 2. The van der Waals surface area contributed by atoms with Crippen molar-refractivity contribution in [3.8, 4) is 11.5 Å². The third kappa shape index (κ3) is 6.16. The van der Waals surface area contributed by atoms with E-state index in [1.165, 1.54) is 38.6 Å². The summed E-state index contributed by atoms with van der Waals surface area (Å²) in [7, 11) is -0.824. The third-order valence-electron chi connectivity index (χ3n) is 3.64. The molecule has 0 saturated carbocycles. The van der Waals surface area contributed by atoms with Crippen LogP contribution >= 0.6 is 15.9 Å². The Morgan fingerprint density at radius 3 is 2.59 bits per heavy atom. The van der Waals surface area contributed by atoms with Gasteiger partial charge in [0.25, 0.3) is 5.91 Å². The van der Waals surface area contributed by atoms with Gasteiger partial charge in [-0.3, -0.25) is 9.10 Å². The van der Waals surface area contributed by atoms with Gasteiger partial charge in [-0.05, 0) is 51.8 Å². The van der Waals surface area contributed by atoms with Gasteiger partial charge in [-0.1, -0.05) is 6.07 Å². The number of sulfonamides is 1. The Morgan fingerprint density at radius 1 is 1.28 bits per heavy atom. The second-order valence-corrected chi connectivity index (χ2v) is 8.54. The number of anilines is 1. The summed E-state index contributed by atoms with van der Waals surface area (Å²) in [6.45, 7) is -0.560. The molecule has 2 rings (SSSR count). The van der Waals surface area contributed by atoms with Gasteiger partial charge < -0.3 is 9.47 Å². The van der Waals surface area contributed by atoms with Gasteiger partial charge in [0.15, 0.2) is 11.5 Å². The number of methoxy groups -OCH3 is 2. The summed E-state index contributed by atoms with van der Waals surface area (Å²) < 4.78 is 49.3. The van der Waals surface area contributed by atoms with E-state index in [2.05, 4.69) is 26.5 Å². The maximum atomic E-state index is 13.4. The number of carbonyl (C=O) groups is 1. The first-order valence-electron chi connectivity index (χ1n) is 8.12. The molecule has 29 heavy (non-hydrogen) atoms. The van der Waals surface area contributed by atoms with Crippen LogP contribution in [0.4, 0.5) is 10.1 Å². The number of carbonyl (C=O) groups excluding carboxylic acids is 1. The van der Waals surface area contributed by atoms with Crippen molar-refractivity contribution in [1.29, 1.82) is 0 Å². The van der Waals surface area contributed by atoms with Crippen molar-refractivity contribution in [2.45, 2.75) is 0 Å². The van der Waals surface area contributed by atoms with Gasteiger partial charge in [-0.25, -0.2) is 18.2 Å². The van der Waals surface area contributed by atoms with E-state index in [9.17, 15) is 17.6 Å². The molecule has 11 heteroatoms. The van der Waals surface area contributed by atoms with Crippen LogP contribution in [-0.4, -0.2) is 47.6 Å². The first-order valence-corrected chi connectivity index (χ1v) is 10.8. The molecule has 0 bridgehead atoms. The van der Waals surface area contributed by atoms with E-state index in [4.69, 9.17) is 9.47 Å². The number of amides is 1. The molecule has 0 atom stereocenters. The predicted octanol–water partition coefficient (Wildman–Crippen LogP) is 2.52. The lowest BCUT2D eigenvalue weighted by molar-refractivity contribution is -0.119. The lowest BCUT2D eigenvalue weighted by Crippen LogP contribution is -2.39. The molecular weight excluding hydrogens is 469 g/mol. The van der Waals surface area contributed by atoms with E-state index >= 15 is 0 Å². The van der Waals surface area contributed by atoms with Crippen LogP contribution in [0.5, 0.6) is 11.5 Å². The number of hydrogen-bond donors (Lipinski definition) is 1. The normalized spacial score (nSPS) is 11.3. The topological polar surface area (TPSA) is 97.3 Å². The molecule has 0 aliphatic heterocycles. The number of rotatable bonds is 8. The SMILES string of the molecule is COc1cc(/C=N\NC(=O)CN(c2cccc(F)c2)S(C)(=O)=O)cc(Br)c1OC. The third-order valence-corrected chi connectivity index (χ3v) is 5.37. The summed E-state index contributed by atoms with van der Waals surface area (Å²) in [5, 5.41) is 3.82. The van der Waals surface area contributed by atoms with Crippen LogP contribution in [0.1, 0.15) is 5.56 Å². The van der Waals surface area contributed by atoms with Crippen LogP contribution in [0, 0.1) is 5.82 Å². The number of nitrogens with one attached hydrogen (secondary N) is 1. The zero-order valence-electron chi connectivity index (χ0n) is 15.8. The first kappa shape index (κ1) is 22.6. The highest BCUT2D eigenvalue weighted by Crippen LogP contribution is 2.35. The minimum Gasteiger partial charge on any atom is -0.493 e. The van der Waals surface area contributed by atoms with Crippen molar-refractivity contribution in [2.24, 2.45) is 5.10 Å². The standard InChI is InChI=1S/C18H19BrFN3O5S/c1-27-16-8-12(7-15(19)18(16)28-2)10-21-22-17(24)11-23(29(3,25)26)14-6-4-5-13(20)9-14/h4-10H,11H2,1-3H3,(H,22,24)/b21-10-. The molecule has 1 amide bonds. The molecular formula is C18H19BrFN3O5S. The number of hydrazone groups is 1. The molecule has 0 saturated heterocycles. The highest BCUT2D eigenvalue weighted by atomic mass is 79.9. The quantitative estimate of drug-likeness (QED) is 0.455. The van der Waals surface area contributed by atoms with E-state index in [0.29, 0.717) is 21.5 Å². The van der Waals surface area contributed by atoms with Crippen LogP contribution in [-0.2, 0) is 14.8 Å². The van der Waals surface area contributed by atoms with Gasteiger partial charge in [-0.2, -0.15) is 5.10 Å². The number of hydrogen-bond acceptors (Lipinski definition) is 6. The number of halogens is 2. The van der Waals surface area contributed by atoms with Crippen LogP contribution < -0.4 is 19.2 Å². The second kappa shape index (κ2) is 9.70. The Bertz CT molecular complexity index is 1030. The number of ether oxygens (including phenoxy) is 2. The average Bonchev–Trinajstić information content (AvgIpc) is 2.64. The van der Waals surface area contributed by atoms with Crippen LogP contribution in [0.2, 0.25) is 0 Å². The van der Waals surface area contributed by atoms with E-state index in [-0.39, 0.29) is 5.69 Å². The van der Waals surface area contributed by atoms with Crippen LogP contribution in [0.3, 0.4) is 0 Å². The molecule has 0 aliphatic rings. The van der Waals surface area contributed by atoms with Crippen molar-refractivity contribution < 1.29 is 27.1 Å². The lowest BCUT2D eigenvalue weighted by atomic mass is 10.2. The summed E-state index contributed by atoms with van der Waals surface area (Å²) in [5.41, 5.74) is 2.88. The van der Waals surface area contributed by atoms with Crippen LogP contribution in [0.15, 0.2) is 46.0 Å². The minimum atomic E-state index is -3.81. The van der Waals surface area contributed by atoms with Crippen molar-refractivity contribution in [1.82, 2.24) is 5.43 Å². The first-order chi connectivity index (χ1) is 13.7. The smallest absolute Gasteiger partial charge is 0.260 e. The fraction of sp³-hybridized carbons (Fsp3) is 0.222. The number of benzene rings is 2.